The number of amides is 1. The maximum atomic E-state index is 12.2. The lowest BCUT2D eigenvalue weighted by Gasteiger charge is -2.12. The summed E-state index contributed by atoms with van der Waals surface area (Å²) in [5, 5.41) is 7.61. The number of nitrogens with one attached hydrogen (secondary N) is 2. The summed E-state index contributed by atoms with van der Waals surface area (Å²) in [6.07, 6.45) is 3.50. The molecule has 0 fully saturated rings. The van der Waals surface area contributed by atoms with Gasteiger partial charge in [-0.1, -0.05) is 54.1 Å². The van der Waals surface area contributed by atoms with Crippen molar-refractivity contribution in [2.75, 3.05) is 19.0 Å². The number of carbonyl (C=O) groups is 1. The van der Waals surface area contributed by atoms with E-state index in [-0.39, 0.29) is 12.5 Å². The van der Waals surface area contributed by atoms with Gasteiger partial charge in [0.1, 0.15) is 0 Å². The number of methoxy groups -OCH3 is 1. The van der Waals surface area contributed by atoms with Crippen LogP contribution in [0.3, 0.4) is 0 Å². The van der Waals surface area contributed by atoms with Gasteiger partial charge < -0.3 is 19.8 Å². The Labute approximate surface area is 206 Å². The van der Waals surface area contributed by atoms with Crippen LogP contribution in [0.1, 0.15) is 5.56 Å². The van der Waals surface area contributed by atoms with Crippen molar-refractivity contribution >= 4 is 41.6 Å². The Bertz CT molecular complexity index is 1380. The molecule has 0 saturated heterocycles. The first kappa shape index (κ1) is 23.3. The molecule has 7 nitrogen and oxygen atoms in total. The maximum Gasteiger partial charge on any atom is 0.262 e. The smallest absolute Gasteiger partial charge is 0.262 e. The molecule has 0 saturated carbocycles. The molecule has 1 amide bonds. The van der Waals surface area contributed by atoms with Gasteiger partial charge in [0.15, 0.2) is 22.9 Å². The number of ether oxygens (including phenoxy) is 2. The number of rotatable bonds is 8. The predicted molar refractivity (Wildman–Crippen MR) is 137 cm³/mol. The van der Waals surface area contributed by atoms with Gasteiger partial charge in [0.05, 0.1) is 35.9 Å². The van der Waals surface area contributed by atoms with E-state index in [1.165, 1.54) is 7.11 Å². The zero-order chi connectivity index (χ0) is 23.9. The number of anilines is 1. The topological polar surface area (TPSA) is 80.6 Å². The molecule has 1 heterocycles. The summed E-state index contributed by atoms with van der Waals surface area (Å²) < 4.78 is 13.1. The minimum atomic E-state index is -0.336. The molecule has 2 N–H and O–H groups in total. The molecule has 172 valence electrons. The van der Waals surface area contributed by atoms with E-state index in [0.717, 1.165) is 16.8 Å². The van der Waals surface area contributed by atoms with Gasteiger partial charge in [0.2, 0.25) is 0 Å². The van der Waals surface area contributed by atoms with Gasteiger partial charge in [-0.05, 0) is 53.7 Å². The molecule has 0 aliphatic carbocycles. The van der Waals surface area contributed by atoms with Crippen molar-refractivity contribution < 1.29 is 14.3 Å². The van der Waals surface area contributed by atoms with Crippen LogP contribution in [0.5, 0.6) is 11.5 Å². The summed E-state index contributed by atoms with van der Waals surface area (Å²) in [6, 6.07) is 22.1. The molecule has 0 radical (unpaired) electrons. The first-order chi connectivity index (χ1) is 16.5. The largest absolute Gasteiger partial charge is 0.493 e. The first-order valence-electron chi connectivity index (χ1n) is 10.3. The number of para-hydroxylation sites is 1. The molecular weight excluding hydrogens is 472 g/mol. The van der Waals surface area contributed by atoms with Crippen LogP contribution in [0.4, 0.5) is 5.69 Å². The quantitative estimate of drug-likeness (QED) is 0.241. The number of imidazole rings is 1. The highest BCUT2D eigenvalue weighted by Gasteiger charge is 2.10. The molecule has 0 atom stereocenters. The lowest BCUT2D eigenvalue weighted by molar-refractivity contribution is -0.118. The number of hydrogen-bond acceptors (Lipinski definition) is 5. The molecule has 0 spiro atoms. The highest BCUT2D eigenvalue weighted by molar-refractivity contribution is 7.71. The first-order valence-corrected chi connectivity index (χ1v) is 11.1. The fourth-order valence-electron chi connectivity index (χ4n) is 3.14. The number of H-pyrrole nitrogens is 1. The summed E-state index contributed by atoms with van der Waals surface area (Å²) in [4.78, 5) is 15.4. The van der Waals surface area contributed by atoms with E-state index in [0.29, 0.717) is 27.0 Å². The van der Waals surface area contributed by atoms with Crippen LogP contribution in [0.25, 0.3) is 11.3 Å². The van der Waals surface area contributed by atoms with Gasteiger partial charge in [0.25, 0.3) is 5.91 Å². The van der Waals surface area contributed by atoms with Crippen molar-refractivity contribution in [3.63, 3.8) is 0 Å². The molecule has 1 aromatic heterocycles. The van der Waals surface area contributed by atoms with Gasteiger partial charge in [-0.2, -0.15) is 5.10 Å². The number of aromatic amines is 1. The Hall–Kier alpha value is -3.88. The maximum absolute atomic E-state index is 12.2. The van der Waals surface area contributed by atoms with E-state index in [9.17, 15) is 4.79 Å². The van der Waals surface area contributed by atoms with Crippen molar-refractivity contribution in [2.24, 2.45) is 5.10 Å². The SMILES string of the molecule is COc1cc(/C=N/n2cc(-c3ccccc3)[nH]c2=S)ccc1OCC(=O)Nc1ccccc1Cl. The number of aromatic nitrogens is 2. The third-order valence-electron chi connectivity index (χ3n) is 4.81. The fourth-order valence-corrected chi connectivity index (χ4v) is 3.53. The number of hydrogen-bond donors (Lipinski definition) is 2. The van der Waals surface area contributed by atoms with Gasteiger partial charge in [-0.3, -0.25) is 4.79 Å². The third kappa shape index (κ3) is 5.72. The normalized spacial score (nSPS) is 10.9. The zero-order valence-electron chi connectivity index (χ0n) is 18.2. The molecule has 0 bridgehead atoms. The van der Waals surface area contributed by atoms with Crippen LogP contribution >= 0.6 is 23.8 Å². The number of carbonyl (C=O) groups excluding carboxylic acids is 1. The van der Waals surface area contributed by atoms with Crippen LogP contribution in [-0.4, -0.2) is 35.5 Å². The van der Waals surface area contributed by atoms with Gasteiger partial charge in [0, 0.05) is 0 Å². The van der Waals surface area contributed by atoms with Gasteiger partial charge >= 0.3 is 0 Å². The Morgan fingerprint density at radius 3 is 2.65 bits per heavy atom. The summed E-state index contributed by atoms with van der Waals surface area (Å²) in [5.74, 6) is 0.563. The van der Waals surface area contributed by atoms with Crippen LogP contribution in [0.15, 0.2) is 84.1 Å². The molecule has 4 aromatic rings. The van der Waals surface area contributed by atoms with E-state index >= 15 is 0 Å². The number of halogens is 1. The lowest BCUT2D eigenvalue weighted by atomic mass is 10.2. The van der Waals surface area contributed by atoms with Crippen molar-refractivity contribution in [2.45, 2.75) is 0 Å². The molecule has 0 unspecified atom stereocenters. The predicted octanol–water partition coefficient (Wildman–Crippen LogP) is 5.77. The Morgan fingerprint density at radius 2 is 1.88 bits per heavy atom. The summed E-state index contributed by atoms with van der Waals surface area (Å²) in [5.41, 5.74) is 3.19. The molecule has 34 heavy (non-hydrogen) atoms. The number of benzene rings is 3. The van der Waals surface area contributed by atoms with Gasteiger partial charge in [-0.25, -0.2) is 4.68 Å². The Balaban J connectivity index is 1.43. The van der Waals surface area contributed by atoms with E-state index in [1.54, 1.807) is 47.3 Å². The van der Waals surface area contributed by atoms with Crippen LogP contribution in [0, 0.1) is 4.77 Å². The second-order valence-corrected chi connectivity index (χ2v) is 7.95. The molecule has 0 aliphatic rings. The summed E-state index contributed by atoms with van der Waals surface area (Å²) in [7, 11) is 1.53. The van der Waals surface area contributed by atoms with Crippen molar-refractivity contribution in [1.82, 2.24) is 9.66 Å². The average molecular weight is 493 g/mol. The highest BCUT2D eigenvalue weighted by Crippen LogP contribution is 2.28. The summed E-state index contributed by atoms with van der Waals surface area (Å²) >= 11 is 11.4. The zero-order valence-corrected chi connectivity index (χ0v) is 19.8. The highest BCUT2D eigenvalue weighted by atomic mass is 35.5. The van der Waals surface area contributed by atoms with E-state index in [1.807, 2.05) is 42.6 Å². The van der Waals surface area contributed by atoms with Crippen LogP contribution < -0.4 is 14.8 Å². The van der Waals surface area contributed by atoms with Crippen molar-refractivity contribution in [3.05, 3.63) is 94.4 Å². The van der Waals surface area contributed by atoms with Gasteiger partial charge in [-0.15, -0.1) is 0 Å². The van der Waals surface area contributed by atoms with Crippen LogP contribution in [-0.2, 0) is 4.79 Å². The van der Waals surface area contributed by atoms with E-state index in [2.05, 4.69) is 15.4 Å². The molecular formula is C25H21ClN4O3S. The average Bonchev–Trinajstić information content (AvgIpc) is 3.24. The molecule has 9 heteroatoms. The Kier molecular flexibility index (Phi) is 7.41. The number of nitrogens with zero attached hydrogens (tertiary/aromatic N) is 2. The molecule has 0 aliphatic heterocycles. The fraction of sp³-hybridized carbons (Fsp3) is 0.0800. The van der Waals surface area contributed by atoms with Crippen molar-refractivity contribution in [1.29, 1.82) is 0 Å². The van der Waals surface area contributed by atoms with Crippen LogP contribution in [0.2, 0.25) is 5.02 Å². The van der Waals surface area contributed by atoms with E-state index in [4.69, 9.17) is 33.3 Å². The lowest BCUT2D eigenvalue weighted by Crippen LogP contribution is -2.20. The monoisotopic (exact) mass is 492 g/mol. The standard InChI is InChI=1S/C25H21ClN4O3S/c1-32-23-13-17(14-27-30-15-21(29-25(30)34)18-7-3-2-4-8-18)11-12-22(23)33-16-24(31)28-20-10-6-5-9-19(20)26/h2-15H,16H2,1H3,(H,28,31)(H,29,34)/b27-14+. The summed E-state index contributed by atoms with van der Waals surface area (Å²) in [6.45, 7) is -0.199. The Morgan fingerprint density at radius 1 is 1.12 bits per heavy atom. The second kappa shape index (κ2) is 10.8. The minimum absolute atomic E-state index is 0.199. The second-order valence-electron chi connectivity index (χ2n) is 7.16. The molecule has 4 rings (SSSR count). The molecule has 3 aromatic carbocycles. The third-order valence-corrected chi connectivity index (χ3v) is 5.43. The van der Waals surface area contributed by atoms with E-state index < -0.39 is 0 Å². The minimum Gasteiger partial charge on any atom is -0.493 e. The van der Waals surface area contributed by atoms with Crippen molar-refractivity contribution in [3.8, 4) is 22.8 Å².